The van der Waals surface area contributed by atoms with E-state index in [4.69, 9.17) is 9.84 Å². The van der Waals surface area contributed by atoms with Crippen LogP contribution in [-0.4, -0.2) is 76.2 Å². The smallest absolute Gasteiger partial charge is 0.407 e. The van der Waals surface area contributed by atoms with E-state index in [2.05, 4.69) is 0 Å². The maximum atomic E-state index is 12.2. The molecule has 2 aliphatic rings. The van der Waals surface area contributed by atoms with Crippen molar-refractivity contribution >= 4 is 28.9 Å². The average Bonchev–Trinajstić information content (AvgIpc) is 2.85. The zero-order valence-electron chi connectivity index (χ0n) is 11.3. The molecule has 0 radical (unpaired) electrons. The summed E-state index contributed by atoms with van der Waals surface area (Å²) in [7, 11) is 0. The van der Waals surface area contributed by atoms with Crippen molar-refractivity contribution in [2.45, 2.75) is 24.7 Å². The number of thioether (sulfide) groups is 1. The van der Waals surface area contributed by atoms with Gasteiger partial charge in [-0.3, -0.25) is 9.59 Å². The monoisotopic (exact) mass is 302 g/mol. The summed E-state index contributed by atoms with van der Waals surface area (Å²) >= 11 is 1.21. The van der Waals surface area contributed by atoms with Crippen LogP contribution in [0, 0.1) is 0 Å². The Morgan fingerprint density at radius 3 is 2.30 bits per heavy atom. The molecule has 0 saturated carbocycles. The van der Waals surface area contributed by atoms with Crippen molar-refractivity contribution < 1.29 is 24.2 Å². The van der Waals surface area contributed by atoms with Crippen LogP contribution >= 0.6 is 11.8 Å². The van der Waals surface area contributed by atoms with E-state index < -0.39 is 12.2 Å². The fraction of sp³-hybridized carbons (Fsp3) is 0.750. The predicted molar refractivity (Wildman–Crippen MR) is 72.6 cm³/mol. The van der Waals surface area contributed by atoms with Crippen LogP contribution in [0.3, 0.4) is 0 Å². The highest BCUT2D eigenvalue weighted by molar-refractivity contribution is 8.14. The van der Waals surface area contributed by atoms with Crippen LogP contribution in [0.1, 0.15) is 13.3 Å². The Kier molecular flexibility index (Phi) is 4.87. The Morgan fingerprint density at radius 2 is 1.75 bits per heavy atom. The number of piperazine rings is 1. The first kappa shape index (κ1) is 15.1. The number of amides is 2. The van der Waals surface area contributed by atoms with Crippen molar-refractivity contribution in [3.8, 4) is 0 Å². The quantitative estimate of drug-likeness (QED) is 0.786. The van der Waals surface area contributed by atoms with Crippen LogP contribution < -0.4 is 0 Å². The number of hydrogen-bond acceptors (Lipinski definition) is 5. The molecule has 112 valence electrons. The molecule has 20 heavy (non-hydrogen) atoms. The Labute approximate surface area is 121 Å². The van der Waals surface area contributed by atoms with Gasteiger partial charge in [0.15, 0.2) is 5.12 Å². The van der Waals surface area contributed by atoms with Gasteiger partial charge in [-0.2, -0.15) is 0 Å². The van der Waals surface area contributed by atoms with Crippen LogP contribution in [0.2, 0.25) is 0 Å². The molecular formula is C12H18N2O5S. The van der Waals surface area contributed by atoms with Gasteiger partial charge in [-0.15, -0.1) is 0 Å². The molecule has 8 heteroatoms. The van der Waals surface area contributed by atoms with E-state index in [1.54, 1.807) is 4.90 Å². The standard InChI is InChI=1S/C12H18N2O5S/c1-8(15)20-9-6-10(19-7-9)11(16)13-2-4-14(5-3-13)12(17)18/h9-10H,2-7H2,1H3,(H,17,18)/t9-,10-/m1/s1. The molecular weight excluding hydrogens is 284 g/mol. The molecule has 0 aliphatic carbocycles. The summed E-state index contributed by atoms with van der Waals surface area (Å²) in [6, 6.07) is 0. The third-order valence-electron chi connectivity index (χ3n) is 3.43. The molecule has 2 aliphatic heterocycles. The maximum Gasteiger partial charge on any atom is 0.407 e. The summed E-state index contributed by atoms with van der Waals surface area (Å²) in [6.45, 7) is 3.38. The Hall–Kier alpha value is -1.28. The molecule has 0 bridgehead atoms. The Morgan fingerprint density at radius 1 is 1.15 bits per heavy atom. The zero-order valence-corrected chi connectivity index (χ0v) is 12.1. The average molecular weight is 302 g/mol. The summed E-state index contributed by atoms with van der Waals surface area (Å²) < 4.78 is 5.46. The number of hydrogen-bond donors (Lipinski definition) is 1. The van der Waals surface area contributed by atoms with Crippen molar-refractivity contribution in [3.63, 3.8) is 0 Å². The molecule has 2 amide bonds. The second kappa shape index (κ2) is 6.45. The fourth-order valence-corrected chi connectivity index (χ4v) is 3.30. The van der Waals surface area contributed by atoms with E-state index >= 15 is 0 Å². The summed E-state index contributed by atoms with van der Waals surface area (Å²) in [6.07, 6.45) is -0.905. The molecule has 0 spiro atoms. The molecule has 2 fully saturated rings. The van der Waals surface area contributed by atoms with Crippen molar-refractivity contribution in [2.24, 2.45) is 0 Å². The van der Waals surface area contributed by atoms with Crippen LogP contribution in [0.4, 0.5) is 4.79 Å². The third-order valence-corrected chi connectivity index (χ3v) is 4.42. The second-order valence-electron chi connectivity index (χ2n) is 4.88. The van der Waals surface area contributed by atoms with Crippen LogP contribution in [0.5, 0.6) is 0 Å². The van der Waals surface area contributed by atoms with Crippen molar-refractivity contribution in [3.05, 3.63) is 0 Å². The molecule has 2 heterocycles. The van der Waals surface area contributed by atoms with Gasteiger partial charge in [-0.05, 0) is 6.42 Å². The van der Waals surface area contributed by atoms with E-state index in [0.717, 1.165) is 0 Å². The van der Waals surface area contributed by atoms with Gasteiger partial charge in [0.05, 0.1) is 6.61 Å². The van der Waals surface area contributed by atoms with E-state index in [9.17, 15) is 14.4 Å². The van der Waals surface area contributed by atoms with Gasteiger partial charge >= 0.3 is 6.09 Å². The molecule has 1 N–H and O–H groups in total. The van der Waals surface area contributed by atoms with Gasteiger partial charge in [0.1, 0.15) is 6.10 Å². The minimum atomic E-state index is -0.952. The lowest BCUT2D eigenvalue weighted by molar-refractivity contribution is -0.142. The van der Waals surface area contributed by atoms with Gasteiger partial charge in [0, 0.05) is 38.4 Å². The SMILES string of the molecule is CC(=O)S[C@H]1CO[C@@H](C(=O)N2CCN(C(=O)O)CC2)C1. The number of carboxylic acid groups (broad SMARTS) is 1. The normalized spacial score (nSPS) is 26.6. The van der Waals surface area contributed by atoms with E-state index in [-0.39, 0.29) is 16.3 Å². The lowest BCUT2D eigenvalue weighted by Gasteiger charge is -2.34. The number of nitrogens with zero attached hydrogens (tertiary/aromatic N) is 2. The molecule has 0 aromatic rings. The maximum absolute atomic E-state index is 12.2. The van der Waals surface area contributed by atoms with Gasteiger partial charge in [0.25, 0.3) is 5.91 Å². The largest absolute Gasteiger partial charge is 0.465 e. The second-order valence-corrected chi connectivity index (χ2v) is 6.36. The predicted octanol–water partition coefficient (Wildman–Crippen LogP) is 0.246. The van der Waals surface area contributed by atoms with Gasteiger partial charge in [-0.1, -0.05) is 11.8 Å². The fourth-order valence-electron chi connectivity index (χ4n) is 2.41. The van der Waals surface area contributed by atoms with Crippen molar-refractivity contribution in [1.29, 1.82) is 0 Å². The number of rotatable bonds is 2. The molecule has 0 aromatic carbocycles. The third kappa shape index (κ3) is 3.63. The van der Waals surface area contributed by atoms with Crippen LogP contribution in [0.15, 0.2) is 0 Å². The molecule has 2 saturated heterocycles. The van der Waals surface area contributed by atoms with E-state index in [1.807, 2.05) is 0 Å². The summed E-state index contributed by atoms with van der Waals surface area (Å²) in [5.41, 5.74) is 0. The lowest BCUT2D eigenvalue weighted by Crippen LogP contribution is -2.52. The highest BCUT2D eigenvalue weighted by Crippen LogP contribution is 2.26. The Balaban J connectivity index is 1.81. The first-order chi connectivity index (χ1) is 9.47. The van der Waals surface area contributed by atoms with Crippen molar-refractivity contribution in [2.75, 3.05) is 32.8 Å². The minimum absolute atomic E-state index is 0.0294. The zero-order chi connectivity index (χ0) is 14.7. The highest BCUT2D eigenvalue weighted by Gasteiger charge is 2.35. The highest BCUT2D eigenvalue weighted by atomic mass is 32.2. The molecule has 0 aromatic heterocycles. The Bertz CT molecular complexity index is 405. The molecule has 2 atom stereocenters. The topological polar surface area (TPSA) is 87.2 Å². The summed E-state index contributed by atoms with van der Waals surface area (Å²) in [5.74, 6) is -0.0957. The summed E-state index contributed by atoms with van der Waals surface area (Å²) in [4.78, 5) is 37.0. The number of carbonyl (C=O) groups excluding carboxylic acids is 2. The van der Waals surface area contributed by atoms with Crippen molar-refractivity contribution in [1.82, 2.24) is 9.80 Å². The van der Waals surface area contributed by atoms with Gasteiger partial charge < -0.3 is 19.6 Å². The lowest BCUT2D eigenvalue weighted by atomic mass is 10.2. The first-order valence-corrected chi connectivity index (χ1v) is 7.41. The number of carbonyl (C=O) groups is 3. The molecule has 0 unspecified atom stereocenters. The van der Waals surface area contributed by atoms with E-state index in [0.29, 0.717) is 39.2 Å². The van der Waals surface area contributed by atoms with Gasteiger partial charge in [0.2, 0.25) is 0 Å². The minimum Gasteiger partial charge on any atom is -0.465 e. The summed E-state index contributed by atoms with van der Waals surface area (Å²) in [5, 5.41) is 8.93. The van der Waals surface area contributed by atoms with E-state index in [1.165, 1.54) is 23.6 Å². The molecule has 2 rings (SSSR count). The van der Waals surface area contributed by atoms with Gasteiger partial charge in [-0.25, -0.2) is 4.79 Å². The van der Waals surface area contributed by atoms with Crippen LogP contribution in [-0.2, 0) is 14.3 Å². The first-order valence-electron chi connectivity index (χ1n) is 6.53. The van der Waals surface area contributed by atoms with Crippen LogP contribution in [0.25, 0.3) is 0 Å². The number of ether oxygens (including phenoxy) is 1. The molecule has 7 nitrogen and oxygen atoms in total.